The third-order valence-electron chi connectivity index (χ3n) is 3.17. The molecule has 1 fully saturated rings. The Hall–Kier alpha value is -1.24. The molecule has 0 bridgehead atoms. The van der Waals surface area contributed by atoms with Crippen LogP contribution in [0.2, 0.25) is 0 Å². The number of rotatable bonds is 2. The van der Waals surface area contributed by atoms with Gasteiger partial charge in [0.2, 0.25) is 5.91 Å². The highest BCUT2D eigenvalue weighted by atomic mass is 16.5. The first-order valence-corrected chi connectivity index (χ1v) is 5.51. The molecule has 1 saturated heterocycles. The van der Waals surface area contributed by atoms with E-state index in [1.807, 2.05) is 0 Å². The fourth-order valence-corrected chi connectivity index (χ4v) is 2.13. The second-order valence-corrected chi connectivity index (χ2v) is 4.36. The molecule has 6 heteroatoms. The Bertz CT molecular complexity index is 367. The quantitative estimate of drug-likeness (QED) is 0.606. The molecule has 0 unspecified atom stereocenters. The predicted octanol–water partition coefficient (Wildman–Crippen LogP) is -0.984. The molecule has 0 radical (unpaired) electrons. The number of ether oxygens (including phenoxy) is 1. The van der Waals surface area contributed by atoms with E-state index in [2.05, 4.69) is 0 Å². The summed E-state index contributed by atoms with van der Waals surface area (Å²) in [6.45, 7) is 1.44. The van der Waals surface area contributed by atoms with E-state index in [1.165, 1.54) is 17.2 Å². The Kier molecular flexibility index (Phi) is 3.28. The minimum Gasteiger partial charge on any atom is -0.394 e. The standard InChI is InChI=1S/C11H15NO5/c1-6-10(16)8(5-13)17-11(6)12-3-2-7(14)4-9(12)15/h2-3,6,8,10-11,13,16H,4-5H2,1H3/t6-,8+,10-,11+/m0/s1. The Labute approximate surface area is 98.5 Å². The highest BCUT2D eigenvalue weighted by Gasteiger charge is 2.44. The third-order valence-corrected chi connectivity index (χ3v) is 3.17. The maximum Gasteiger partial charge on any atom is 0.236 e. The number of aliphatic hydroxyl groups is 2. The molecule has 17 heavy (non-hydrogen) atoms. The highest BCUT2D eigenvalue weighted by molar-refractivity contribution is 6.06. The van der Waals surface area contributed by atoms with Crippen LogP contribution < -0.4 is 0 Å². The molecular formula is C11H15NO5. The van der Waals surface area contributed by atoms with E-state index < -0.39 is 18.4 Å². The van der Waals surface area contributed by atoms with Gasteiger partial charge in [-0.25, -0.2) is 0 Å². The molecule has 2 aliphatic rings. The SMILES string of the molecule is C[C@H]1[C@H](O)[C@@H](CO)O[C@H]1N1C=CC(=O)CC1=O. The number of nitrogens with zero attached hydrogens (tertiary/aromatic N) is 1. The normalized spacial score (nSPS) is 37.9. The van der Waals surface area contributed by atoms with Crippen molar-refractivity contribution in [2.75, 3.05) is 6.61 Å². The van der Waals surface area contributed by atoms with Gasteiger partial charge in [-0.3, -0.25) is 14.5 Å². The zero-order valence-corrected chi connectivity index (χ0v) is 9.44. The topological polar surface area (TPSA) is 87.1 Å². The van der Waals surface area contributed by atoms with Crippen molar-refractivity contribution in [1.29, 1.82) is 0 Å². The fraction of sp³-hybridized carbons (Fsp3) is 0.636. The second kappa shape index (κ2) is 4.56. The van der Waals surface area contributed by atoms with Crippen LogP contribution in [-0.4, -0.2) is 51.8 Å². The summed E-state index contributed by atoms with van der Waals surface area (Å²) in [5, 5.41) is 18.8. The maximum absolute atomic E-state index is 11.7. The van der Waals surface area contributed by atoms with Crippen LogP contribution in [0.3, 0.4) is 0 Å². The van der Waals surface area contributed by atoms with Crippen LogP contribution in [0, 0.1) is 5.92 Å². The molecule has 2 heterocycles. The monoisotopic (exact) mass is 241 g/mol. The average Bonchev–Trinajstić information content (AvgIpc) is 2.57. The summed E-state index contributed by atoms with van der Waals surface area (Å²) in [5.41, 5.74) is 0. The summed E-state index contributed by atoms with van der Waals surface area (Å²) in [6, 6.07) is 0. The van der Waals surface area contributed by atoms with Gasteiger partial charge in [0, 0.05) is 12.1 Å². The number of carbonyl (C=O) groups is 2. The summed E-state index contributed by atoms with van der Waals surface area (Å²) in [6.07, 6.45) is 0.387. The van der Waals surface area contributed by atoms with E-state index in [0.29, 0.717) is 0 Å². The Morgan fingerprint density at radius 3 is 2.76 bits per heavy atom. The van der Waals surface area contributed by atoms with E-state index in [1.54, 1.807) is 6.92 Å². The van der Waals surface area contributed by atoms with Gasteiger partial charge in [-0.2, -0.15) is 0 Å². The minimum atomic E-state index is -0.816. The van der Waals surface area contributed by atoms with Gasteiger partial charge in [0.1, 0.15) is 12.3 Å². The van der Waals surface area contributed by atoms with Crippen molar-refractivity contribution in [1.82, 2.24) is 4.90 Å². The van der Waals surface area contributed by atoms with E-state index in [9.17, 15) is 14.7 Å². The number of ketones is 1. The summed E-state index contributed by atoms with van der Waals surface area (Å²) in [7, 11) is 0. The Balaban J connectivity index is 2.16. The van der Waals surface area contributed by atoms with Crippen molar-refractivity contribution >= 4 is 11.7 Å². The molecule has 2 rings (SSSR count). The molecule has 0 spiro atoms. The smallest absolute Gasteiger partial charge is 0.236 e. The van der Waals surface area contributed by atoms with Crippen molar-refractivity contribution in [2.45, 2.75) is 31.8 Å². The van der Waals surface area contributed by atoms with E-state index >= 15 is 0 Å². The molecule has 0 aromatic carbocycles. The minimum absolute atomic E-state index is 0.178. The zero-order valence-electron chi connectivity index (χ0n) is 9.44. The molecule has 2 aliphatic heterocycles. The van der Waals surface area contributed by atoms with Crippen LogP contribution in [-0.2, 0) is 14.3 Å². The maximum atomic E-state index is 11.7. The molecule has 0 aromatic heterocycles. The van der Waals surface area contributed by atoms with Crippen LogP contribution >= 0.6 is 0 Å². The van der Waals surface area contributed by atoms with Crippen LogP contribution in [0.5, 0.6) is 0 Å². The van der Waals surface area contributed by atoms with Crippen LogP contribution in [0.4, 0.5) is 0 Å². The highest BCUT2D eigenvalue weighted by Crippen LogP contribution is 2.30. The predicted molar refractivity (Wildman–Crippen MR) is 56.5 cm³/mol. The first-order valence-electron chi connectivity index (χ1n) is 5.51. The fourth-order valence-electron chi connectivity index (χ4n) is 2.13. The summed E-state index contributed by atoms with van der Waals surface area (Å²) in [5.74, 6) is -0.898. The van der Waals surface area contributed by atoms with Crippen molar-refractivity contribution in [3.63, 3.8) is 0 Å². The van der Waals surface area contributed by atoms with Crippen molar-refractivity contribution in [2.24, 2.45) is 5.92 Å². The lowest BCUT2D eigenvalue weighted by atomic mass is 10.0. The largest absolute Gasteiger partial charge is 0.394 e. The lowest BCUT2D eigenvalue weighted by molar-refractivity contribution is -0.145. The summed E-state index contributed by atoms with van der Waals surface area (Å²) in [4.78, 5) is 24.0. The van der Waals surface area contributed by atoms with Crippen molar-refractivity contribution in [3.8, 4) is 0 Å². The van der Waals surface area contributed by atoms with Crippen LogP contribution in [0.1, 0.15) is 13.3 Å². The molecular weight excluding hydrogens is 226 g/mol. The lowest BCUT2D eigenvalue weighted by Crippen LogP contribution is -2.42. The Morgan fingerprint density at radius 2 is 2.24 bits per heavy atom. The van der Waals surface area contributed by atoms with Crippen LogP contribution in [0.25, 0.3) is 0 Å². The average molecular weight is 241 g/mol. The van der Waals surface area contributed by atoms with Crippen LogP contribution in [0.15, 0.2) is 12.3 Å². The third kappa shape index (κ3) is 2.11. The summed E-state index contributed by atoms with van der Waals surface area (Å²) >= 11 is 0. The van der Waals surface area contributed by atoms with Gasteiger partial charge in [0.15, 0.2) is 5.78 Å². The molecule has 94 valence electrons. The second-order valence-electron chi connectivity index (χ2n) is 4.36. The molecule has 4 atom stereocenters. The number of amides is 1. The van der Waals surface area contributed by atoms with Gasteiger partial charge < -0.3 is 14.9 Å². The first kappa shape index (κ1) is 12.2. The van der Waals surface area contributed by atoms with Gasteiger partial charge in [0.05, 0.1) is 19.1 Å². The lowest BCUT2D eigenvalue weighted by Gasteiger charge is -2.29. The summed E-state index contributed by atoms with van der Waals surface area (Å²) < 4.78 is 5.42. The molecule has 2 N–H and O–H groups in total. The number of hydrogen-bond acceptors (Lipinski definition) is 5. The van der Waals surface area contributed by atoms with Gasteiger partial charge in [0.25, 0.3) is 0 Å². The zero-order chi connectivity index (χ0) is 12.6. The first-order chi connectivity index (χ1) is 8.04. The van der Waals surface area contributed by atoms with Gasteiger partial charge in [-0.05, 0) is 6.08 Å². The van der Waals surface area contributed by atoms with Crippen molar-refractivity contribution in [3.05, 3.63) is 12.3 Å². The van der Waals surface area contributed by atoms with E-state index in [0.717, 1.165) is 0 Å². The number of hydrogen-bond donors (Lipinski definition) is 2. The molecule has 1 amide bonds. The number of allylic oxidation sites excluding steroid dienone is 1. The Morgan fingerprint density at radius 1 is 1.53 bits per heavy atom. The number of carbonyl (C=O) groups excluding carboxylic acids is 2. The number of aliphatic hydroxyl groups excluding tert-OH is 2. The molecule has 0 saturated carbocycles. The van der Waals surface area contributed by atoms with Crippen molar-refractivity contribution < 1.29 is 24.5 Å². The van der Waals surface area contributed by atoms with Gasteiger partial charge in [-0.1, -0.05) is 6.92 Å². The molecule has 6 nitrogen and oxygen atoms in total. The van der Waals surface area contributed by atoms with E-state index in [4.69, 9.17) is 9.84 Å². The van der Waals surface area contributed by atoms with Gasteiger partial charge in [-0.15, -0.1) is 0 Å². The molecule has 0 aliphatic carbocycles. The van der Waals surface area contributed by atoms with Gasteiger partial charge >= 0.3 is 0 Å². The van der Waals surface area contributed by atoms with E-state index in [-0.39, 0.29) is 30.6 Å². The molecule has 0 aromatic rings.